The molecule has 2 fully saturated rings. The average Bonchev–Trinajstić information content (AvgIpc) is 3.31. The zero-order valence-corrected chi connectivity index (χ0v) is 16.6. The van der Waals surface area contributed by atoms with Crippen LogP contribution >= 0.6 is 0 Å². The highest BCUT2D eigenvalue weighted by Crippen LogP contribution is 2.20. The third-order valence-electron chi connectivity index (χ3n) is 6.04. The molecule has 5 nitrogen and oxygen atoms in total. The van der Waals surface area contributed by atoms with E-state index in [0.717, 1.165) is 52.0 Å². The van der Waals surface area contributed by atoms with Crippen LogP contribution in [-0.4, -0.2) is 91.6 Å². The smallest absolute Gasteiger partial charge is 0.320 e. The Morgan fingerprint density at radius 3 is 2.46 bits per heavy atom. The first-order valence-electron chi connectivity index (χ1n) is 9.99. The van der Waals surface area contributed by atoms with Crippen molar-refractivity contribution in [3.63, 3.8) is 0 Å². The van der Waals surface area contributed by atoms with Gasteiger partial charge in [0.15, 0.2) is 0 Å². The molecule has 0 N–H and O–H groups in total. The summed E-state index contributed by atoms with van der Waals surface area (Å²) in [7, 11) is 6.20. The summed E-state index contributed by atoms with van der Waals surface area (Å²) in [6.45, 7) is 5.00. The van der Waals surface area contributed by atoms with Gasteiger partial charge in [0.2, 0.25) is 0 Å². The van der Waals surface area contributed by atoms with Gasteiger partial charge in [-0.2, -0.15) is 0 Å². The summed E-state index contributed by atoms with van der Waals surface area (Å²) < 4.78 is 0. The molecular weight excluding hydrogens is 324 g/mol. The van der Waals surface area contributed by atoms with Crippen LogP contribution < -0.4 is 0 Å². The Morgan fingerprint density at radius 2 is 1.77 bits per heavy atom. The Balaban J connectivity index is 1.41. The number of carbonyl (C=O) groups excluding carboxylic acids is 1. The number of benzene rings is 1. The van der Waals surface area contributed by atoms with Crippen molar-refractivity contribution in [1.29, 1.82) is 0 Å². The summed E-state index contributed by atoms with van der Waals surface area (Å²) in [6, 6.07) is 11.8. The average molecular weight is 359 g/mol. The molecule has 2 heterocycles. The van der Waals surface area contributed by atoms with E-state index in [9.17, 15) is 4.79 Å². The van der Waals surface area contributed by atoms with Gasteiger partial charge in [0.05, 0.1) is 0 Å². The number of nitrogens with zero attached hydrogens (tertiary/aromatic N) is 4. The lowest BCUT2D eigenvalue weighted by Crippen LogP contribution is -2.47. The van der Waals surface area contributed by atoms with Crippen molar-refractivity contribution in [2.45, 2.75) is 37.8 Å². The van der Waals surface area contributed by atoms with E-state index in [1.807, 2.05) is 16.8 Å². The molecule has 3 rings (SSSR count). The molecule has 0 saturated carbocycles. The maximum Gasteiger partial charge on any atom is 0.320 e. The van der Waals surface area contributed by atoms with Crippen LogP contribution in [-0.2, 0) is 6.42 Å². The fourth-order valence-electron chi connectivity index (χ4n) is 4.20. The molecule has 0 spiro atoms. The molecule has 2 saturated heterocycles. The molecule has 0 radical (unpaired) electrons. The van der Waals surface area contributed by atoms with Gasteiger partial charge in [-0.3, -0.25) is 0 Å². The van der Waals surface area contributed by atoms with Crippen molar-refractivity contribution in [2.24, 2.45) is 0 Å². The number of amides is 2. The molecule has 2 amide bonds. The van der Waals surface area contributed by atoms with Gasteiger partial charge in [-0.05, 0) is 51.9 Å². The third-order valence-corrected chi connectivity index (χ3v) is 6.04. The van der Waals surface area contributed by atoms with Gasteiger partial charge in [0.1, 0.15) is 0 Å². The number of aryl methyl sites for hydroxylation is 1. The van der Waals surface area contributed by atoms with E-state index in [1.54, 1.807) is 0 Å². The summed E-state index contributed by atoms with van der Waals surface area (Å²) in [5, 5.41) is 0. The van der Waals surface area contributed by atoms with Crippen LogP contribution in [0.1, 0.15) is 24.8 Å². The van der Waals surface area contributed by atoms with Crippen LogP contribution in [0.15, 0.2) is 30.3 Å². The third kappa shape index (κ3) is 4.77. The minimum atomic E-state index is 0.213. The zero-order chi connectivity index (χ0) is 18.5. The summed E-state index contributed by atoms with van der Waals surface area (Å²) in [5.41, 5.74) is 1.42. The summed E-state index contributed by atoms with van der Waals surface area (Å²) in [5.74, 6) is 0. The van der Waals surface area contributed by atoms with Gasteiger partial charge in [-0.25, -0.2) is 4.79 Å². The molecular formula is C21H34N4O. The van der Waals surface area contributed by atoms with Crippen molar-refractivity contribution >= 4 is 6.03 Å². The first kappa shape index (κ1) is 19.2. The minimum absolute atomic E-state index is 0.213. The molecule has 5 heteroatoms. The molecule has 2 atom stereocenters. The minimum Gasteiger partial charge on any atom is -0.323 e. The van der Waals surface area contributed by atoms with Crippen LogP contribution in [0.25, 0.3) is 0 Å². The van der Waals surface area contributed by atoms with E-state index in [2.05, 4.69) is 54.2 Å². The number of rotatable bonds is 6. The van der Waals surface area contributed by atoms with E-state index in [-0.39, 0.29) is 6.03 Å². The van der Waals surface area contributed by atoms with Crippen LogP contribution in [0.5, 0.6) is 0 Å². The lowest BCUT2D eigenvalue weighted by Gasteiger charge is -2.30. The maximum atomic E-state index is 12.8. The van der Waals surface area contributed by atoms with Gasteiger partial charge in [0, 0.05) is 45.3 Å². The molecule has 0 aromatic heterocycles. The quantitative estimate of drug-likeness (QED) is 0.782. The molecule has 0 aliphatic carbocycles. The Hall–Kier alpha value is -1.59. The van der Waals surface area contributed by atoms with Crippen LogP contribution in [0.4, 0.5) is 4.79 Å². The SMILES string of the molecule is CN(C)C1CCN(C(=O)N(C)C2CCN(CCCc3ccccc3)C2)C1. The number of likely N-dealkylation sites (N-methyl/N-ethyl adjacent to an activating group) is 2. The largest absolute Gasteiger partial charge is 0.323 e. The second-order valence-electron chi connectivity index (χ2n) is 8.08. The lowest BCUT2D eigenvalue weighted by atomic mass is 10.1. The summed E-state index contributed by atoms with van der Waals surface area (Å²) >= 11 is 0. The first-order valence-corrected chi connectivity index (χ1v) is 9.99. The van der Waals surface area contributed by atoms with Gasteiger partial charge in [0.25, 0.3) is 0 Å². The number of hydrogen-bond donors (Lipinski definition) is 0. The van der Waals surface area contributed by atoms with Gasteiger partial charge < -0.3 is 19.6 Å². The first-order chi connectivity index (χ1) is 12.5. The molecule has 0 bridgehead atoms. The van der Waals surface area contributed by atoms with Gasteiger partial charge >= 0.3 is 6.03 Å². The molecule has 2 aliphatic rings. The zero-order valence-electron chi connectivity index (χ0n) is 16.6. The lowest BCUT2D eigenvalue weighted by molar-refractivity contribution is 0.152. The van der Waals surface area contributed by atoms with E-state index >= 15 is 0 Å². The summed E-state index contributed by atoms with van der Waals surface area (Å²) in [6.07, 6.45) is 4.50. The highest BCUT2D eigenvalue weighted by Gasteiger charge is 2.33. The molecule has 1 aromatic rings. The van der Waals surface area contributed by atoms with Crippen molar-refractivity contribution in [3.05, 3.63) is 35.9 Å². The van der Waals surface area contributed by atoms with Crippen molar-refractivity contribution < 1.29 is 4.79 Å². The fourth-order valence-corrected chi connectivity index (χ4v) is 4.20. The number of carbonyl (C=O) groups is 1. The van der Waals surface area contributed by atoms with Gasteiger partial charge in [-0.15, -0.1) is 0 Å². The molecule has 26 heavy (non-hydrogen) atoms. The van der Waals surface area contributed by atoms with E-state index in [0.29, 0.717) is 12.1 Å². The molecule has 2 aliphatic heterocycles. The second kappa shape index (κ2) is 8.87. The molecule has 1 aromatic carbocycles. The maximum absolute atomic E-state index is 12.8. The predicted octanol–water partition coefficient (Wildman–Crippen LogP) is 2.38. The fraction of sp³-hybridized carbons (Fsp3) is 0.667. The van der Waals surface area contributed by atoms with Crippen molar-refractivity contribution in [2.75, 3.05) is 53.9 Å². The second-order valence-corrected chi connectivity index (χ2v) is 8.08. The highest BCUT2D eigenvalue weighted by atomic mass is 16.2. The van der Waals surface area contributed by atoms with Crippen LogP contribution in [0.3, 0.4) is 0 Å². The van der Waals surface area contributed by atoms with Crippen LogP contribution in [0.2, 0.25) is 0 Å². The van der Waals surface area contributed by atoms with Gasteiger partial charge in [-0.1, -0.05) is 30.3 Å². The Morgan fingerprint density at radius 1 is 1.04 bits per heavy atom. The topological polar surface area (TPSA) is 30.0 Å². The summed E-state index contributed by atoms with van der Waals surface area (Å²) in [4.78, 5) is 21.6. The van der Waals surface area contributed by atoms with Crippen LogP contribution in [0, 0.1) is 0 Å². The Kier molecular flexibility index (Phi) is 6.54. The highest BCUT2D eigenvalue weighted by molar-refractivity contribution is 5.75. The molecule has 144 valence electrons. The number of urea groups is 1. The Labute approximate surface area is 158 Å². The standard InChI is InChI=1S/C21H34N4O/c1-22(2)19-12-15-25(17-19)21(26)23(3)20-11-14-24(16-20)13-7-10-18-8-5-4-6-9-18/h4-6,8-9,19-20H,7,10-17H2,1-3H3. The Bertz CT molecular complexity index is 577. The predicted molar refractivity (Wildman–Crippen MR) is 106 cm³/mol. The van der Waals surface area contributed by atoms with Crippen molar-refractivity contribution in [3.8, 4) is 0 Å². The normalized spacial score (nSPS) is 23.8. The number of hydrogen-bond acceptors (Lipinski definition) is 3. The van der Waals surface area contributed by atoms with E-state index < -0.39 is 0 Å². The molecule has 2 unspecified atom stereocenters. The monoisotopic (exact) mass is 358 g/mol. The van der Waals surface area contributed by atoms with E-state index in [4.69, 9.17) is 0 Å². The van der Waals surface area contributed by atoms with Crippen molar-refractivity contribution in [1.82, 2.24) is 19.6 Å². The number of likely N-dealkylation sites (tertiary alicyclic amines) is 2. The van der Waals surface area contributed by atoms with E-state index in [1.165, 1.54) is 12.0 Å².